The van der Waals surface area contributed by atoms with Gasteiger partial charge in [0.05, 0.1) is 0 Å². The van der Waals surface area contributed by atoms with E-state index in [1.807, 2.05) is 0 Å². The van der Waals surface area contributed by atoms with E-state index in [0.29, 0.717) is 6.04 Å². The van der Waals surface area contributed by atoms with Gasteiger partial charge in [-0.3, -0.25) is 0 Å². The highest BCUT2D eigenvalue weighted by molar-refractivity contribution is 5.20. The Morgan fingerprint density at radius 3 is 2.57 bits per heavy atom. The number of rotatable bonds is 5. The maximum absolute atomic E-state index is 3.37. The second kappa shape index (κ2) is 5.55. The van der Waals surface area contributed by atoms with Gasteiger partial charge in [0.25, 0.3) is 0 Å². The van der Waals surface area contributed by atoms with Gasteiger partial charge in [0.15, 0.2) is 0 Å². The van der Waals surface area contributed by atoms with Crippen LogP contribution in [0, 0.1) is 11.8 Å². The first-order valence-electron chi connectivity index (χ1n) is 6.05. The minimum atomic E-state index is 0.691. The van der Waals surface area contributed by atoms with Crippen LogP contribution in [-0.4, -0.2) is 13.1 Å². The fraction of sp³-hybridized carbons (Fsp3) is 0.846. The van der Waals surface area contributed by atoms with Crippen molar-refractivity contribution in [3.63, 3.8) is 0 Å². The largest absolute Gasteiger partial charge is 0.313 e. The molecular weight excluding hydrogens is 170 g/mol. The summed E-state index contributed by atoms with van der Waals surface area (Å²) in [7, 11) is 2.07. The van der Waals surface area contributed by atoms with Crippen molar-refractivity contribution in [2.75, 3.05) is 7.05 Å². The summed E-state index contributed by atoms with van der Waals surface area (Å²) in [6.45, 7) is 6.94. The Morgan fingerprint density at radius 2 is 2.21 bits per heavy atom. The summed E-state index contributed by atoms with van der Waals surface area (Å²) in [6, 6.07) is 0.691. The van der Waals surface area contributed by atoms with Gasteiger partial charge in [0, 0.05) is 6.04 Å². The number of allylic oxidation sites excluding steroid dienone is 1. The van der Waals surface area contributed by atoms with Crippen LogP contribution in [0.2, 0.25) is 0 Å². The van der Waals surface area contributed by atoms with E-state index in [1.165, 1.54) is 25.7 Å². The number of hydrogen-bond donors (Lipinski definition) is 1. The molecule has 0 bridgehead atoms. The van der Waals surface area contributed by atoms with Gasteiger partial charge in [0.1, 0.15) is 0 Å². The van der Waals surface area contributed by atoms with Crippen LogP contribution in [0.1, 0.15) is 46.5 Å². The van der Waals surface area contributed by atoms with Crippen LogP contribution in [0.5, 0.6) is 0 Å². The van der Waals surface area contributed by atoms with Crippen LogP contribution >= 0.6 is 0 Å². The molecule has 1 heteroatoms. The van der Waals surface area contributed by atoms with Gasteiger partial charge in [-0.05, 0) is 44.6 Å². The van der Waals surface area contributed by atoms with Gasteiger partial charge in [-0.25, -0.2) is 0 Å². The minimum Gasteiger partial charge on any atom is -0.313 e. The Bertz CT molecular complexity index is 191. The zero-order valence-corrected chi connectivity index (χ0v) is 10.1. The van der Waals surface area contributed by atoms with Gasteiger partial charge in [-0.15, -0.1) is 0 Å². The maximum Gasteiger partial charge on any atom is 0.0279 e. The van der Waals surface area contributed by atoms with Crippen molar-refractivity contribution in [3.8, 4) is 0 Å². The minimum absolute atomic E-state index is 0.691. The van der Waals surface area contributed by atoms with Gasteiger partial charge >= 0.3 is 0 Å². The van der Waals surface area contributed by atoms with Crippen molar-refractivity contribution < 1.29 is 0 Å². The second-order valence-electron chi connectivity index (χ2n) is 4.92. The van der Waals surface area contributed by atoms with Crippen LogP contribution < -0.4 is 5.32 Å². The molecule has 0 heterocycles. The average Bonchev–Trinajstić information content (AvgIpc) is 2.10. The van der Waals surface area contributed by atoms with Crippen LogP contribution in [0.3, 0.4) is 0 Å². The monoisotopic (exact) mass is 195 g/mol. The lowest BCUT2D eigenvalue weighted by molar-refractivity contribution is 0.436. The number of likely N-dealkylation sites (N-methyl/N-ethyl adjacent to an activating group) is 1. The first kappa shape index (κ1) is 11.8. The Labute approximate surface area is 89.0 Å². The maximum atomic E-state index is 3.37. The highest BCUT2D eigenvalue weighted by atomic mass is 14.9. The molecule has 1 nitrogen and oxygen atoms in total. The zero-order chi connectivity index (χ0) is 10.6. The quantitative estimate of drug-likeness (QED) is 0.663. The molecule has 1 N–H and O–H groups in total. The molecule has 1 aliphatic rings. The molecule has 1 aliphatic carbocycles. The molecule has 1 saturated carbocycles. The molecule has 0 aromatic rings. The molecule has 0 saturated heterocycles. The van der Waals surface area contributed by atoms with Crippen LogP contribution in [-0.2, 0) is 0 Å². The van der Waals surface area contributed by atoms with Crippen molar-refractivity contribution >= 4 is 0 Å². The molecule has 82 valence electrons. The van der Waals surface area contributed by atoms with Gasteiger partial charge in [-0.1, -0.05) is 32.4 Å². The molecule has 0 spiro atoms. The third kappa shape index (κ3) is 3.13. The number of hydrogen-bond acceptors (Lipinski definition) is 1. The Morgan fingerprint density at radius 1 is 1.50 bits per heavy atom. The molecule has 2 atom stereocenters. The highest BCUT2D eigenvalue weighted by Gasteiger charge is 2.22. The Kier molecular flexibility index (Phi) is 4.67. The lowest BCUT2D eigenvalue weighted by Gasteiger charge is -2.31. The van der Waals surface area contributed by atoms with Crippen molar-refractivity contribution in [1.82, 2.24) is 5.32 Å². The van der Waals surface area contributed by atoms with Crippen molar-refractivity contribution in [3.05, 3.63) is 11.6 Å². The first-order valence-corrected chi connectivity index (χ1v) is 6.05. The lowest BCUT2D eigenvalue weighted by Crippen LogP contribution is -2.35. The molecule has 2 unspecified atom stereocenters. The van der Waals surface area contributed by atoms with E-state index in [-0.39, 0.29) is 0 Å². The molecule has 0 aromatic heterocycles. The van der Waals surface area contributed by atoms with E-state index in [4.69, 9.17) is 0 Å². The molecule has 0 aliphatic heterocycles. The molecule has 1 fully saturated rings. The van der Waals surface area contributed by atoms with Gasteiger partial charge in [-0.2, -0.15) is 0 Å². The second-order valence-corrected chi connectivity index (χ2v) is 4.92. The van der Waals surface area contributed by atoms with E-state index in [9.17, 15) is 0 Å². The molecule has 1 rings (SSSR count). The summed E-state index contributed by atoms with van der Waals surface area (Å²) in [5, 5.41) is 3.37. The van der Waals surface area contributed by atoms with E-state index in [2.05, 4.69) is 39.2 Å². The summed E-state index contributed by atoms with van der Waals surface area (Å²) in [5.41, 5.74) is 1.65. The summed E-state index contributed by atoms with van der Waals surface area (Å²) in [4.78, 5) is 0. The van der Waals surface area contributed by atoms with E-state index < -0.39 is 0 Å². The topological polar surface area (TPSA) is 12.0 Å². The van der Waals surface area contributed by atoms with E-state index >= 15 is 0 Å². The van der Waals surface area contributed by atoms with Gasteiger partial charge < -0.3 is 5.32 Å². The third-order valence-electron chi connectivity index (χ3n) is 3.27. The summed E-state index contributed by atoms with van der Waals surface area (Å²) in [6.07, 6.45) is 7.82. The Hall–Kier alpha value is -0.300. The van der Waals surface area contributed by atoms with Gasteiger partial charge in [0.2, 0.25) is 0 Å². The van der Waals surface area contributed by atoms with Crippen LogP contribution in [0.25, 0.3) is 0 Å². The smallest absolute Gasteiger partial charge is 0.0279 e. The fourth-order valence-corrected chi connectivity index (χ4v) is 2.25. The third-order valence-corrected chi connectivity index (χ3v) is 3.27. The standard InChI is InChI=1S/C13H25N/c1-5-11(8-10(2)3)9-12-6-7-13(12)14-4/h9-11,13-14H,5-8H2,1-4H3/b12-9-. The average molecular weight is 195 g/mol. The SMILES string of the molecule is CCC(/C=C1/CCC1NC)CC(C)C. The van der Waals surface area contributed by atoms with Crippen molar-refractivity contribution in [1.29, 1.82) is 0 Å². The molecule has 0 radical (unpaired) electrons. The molecule has 14 heavy (non-hydrogen) atoms. The van der Waals surface area contributed by atoms with E-state index in [1.54, 1.807) is 5.57 Å². The predicted octanol–water partition coefficient (Wildman–Crippen LogP) is 3.37. The molecule has 0 amide bonds. The first-order chi connectivity index (χ1) is 6.67. The highest BCUT2D eigenvalue weighted by Crippen LogP contribution is 2.29. The molecular formula is C13H25N. The van der Waals surface area contributed by atoms with Crippen LogP contribution in [0.15, 0.2) is 11.6 Å². The predicted molar refractivity (Wildman–Crippen MR) is 63.4 cm³/mol. The van der Waals surface area contributed by atoms with Crippen molar-refractivity contribution in [2.24, 2.45) is 11.8 Å². The number of nitrogens with one attached hydrogen (secondary N) is 1. The zero-order valence-electron chi connectivity index (χ0n) is 10.1. The van der Waals surface area contributed by atoms with Crippen molar-refractivity contribution in [2.45, 2.75) is 52.5 Å². The summed E-state index contributed by atoms with van der Waals surface area (Å²) >= 11 is 0. The normalized spacial score (nSPS) is 26.6. The fourth-order valence-electron chi connectivity index (χ4n) is 2.25. The summed E-state index contributed by atoms with van der Waals surface area (Å²) in [5.74, 6) is 1.63. The molecule has 0 aromatic carbocycles. The van der Waals surface area contributed by atoms with Crippen LogP contribution in [0.4, 0.5) is 0 Å². The van der Waals surface area contributed by atoms with E-state index in [0.717, 1.165) is 11.8 Å². The lowest BCUT2D eigenvalue weighted by atomic mass is 9.81. The summed E-state index contributed by atoms with van der Waals surface area (Å²) < 4.78 is 0. The Balaban J connectivity index is 2.46.